The zero-order valence-electron chi connectivity index (χ0n) is 9.92. The van der Waals surface area contributed by atoms with Crippen molar-refractivity contribution in [3.8, 4) is 0 Å². The lowest BCUT2D eigenvalue weighted by molar-refractivity contribution is 0.0938. The fourth-order valence-electron chi connectivity index (χ4n) is 1.47. The van der Waals surface area contributed by atoms with Gasteiger partial charge in [0.25, 0.3) is 5.91 Å². The summed E-state index contributed by atoms with van der Waals surface area (Å²) < 4.78 is 0. The van der Waals surface area contributed by atoms with E-state index in [4.69, 9.17) is 0 Å². The molecule has 0 aromatic heterocycles. The van der Waals surface area contributed by atoms with E-state index >= 15 is 0 Å². The Kier molecular flexibility index (Phi) is 3.89. The van der Waals surface area contributed by atoms with Gasteiger partial charge in [-0.1, -0.05) is 24.6 Å². The molecule has 1 rings (SSSR count). The van der Waals surface area contributed by atoms with Gasteiger partial charge in [-0.3, -0.25) is 4.79 Å². The van der Waals surface area contributed by atoms with Crippen LogP contribution in [-0.4, -0.2) is 11.9 Å². The predicted molar refractivity (Wildman–Crippen MR) is 63.1 cm³/mol. The molecule has 1 atom stereocenters. The fraction of sp³-hybridized carbons (Fsp3) is 0.462. The second kappa shape index (κ2) is 4.96. The number of carbonyl (C=O) groups is 1. The Morgan fingerprint density at radius 1 is 1.40 bits per heavy atom. The maximum Gasteiger partial charge on any atom is 0.251 e. The number of benzene rings is 1. The van der Waals surface area contributed by atoms with Crippen LogP contribution in [0, 0.1) is 13.8 Å². The molecule has 1 aromatic rings. The number of aryl methyl sites for hydroxylation is 2. The van der Waals surface area contributed by atoms with Crippen LogP contribution in [0.3, 0.4) is 0 Å². The summed E-state index contributed by atoms with van der Waals surface area (Å²) in [6, 6.07) is 6.13. The van der Waals surface area contributed by atoms with Gasteiger partial charge in [0.15, 0.2) is 0 Å². The number of hydrogen-bond acceptors (Lipinski definition) is 1. The molecule has 0 unspecified atom stereocenters. The molecule has 1 aromatic carbocycles. The molecule has 0 heterocycles. The molecule has 82 valence electrons. The lowest BCUT2D eigenvalue weighted by Crippen LogP contribution is -2.32. The van der Waals surface area contributed by atoms with Crippen molar-refractivity contribution in [3.63, 3.8) is 0 Å². The Morgan fingerprint density at radius 3 is 2.60 bits per heavy atom. The molecule has 0 bridgehead atoms. The first kappa shape index (κ1) is 11.8. The van der Waals surface area contributed by atoms with Gasteiger partial charge in [0.2, 0.25) is 0 Å². The molecule has 2 nitrogen and oxygen atoms in total. The minimum Gasteiger partial charge on any atom is -0.350 e. The highest BCUT2D eigenvalue weighted by molar-refractivity contribution is 5.95. The lowest BCUT2D eigenvalue weighted by atomic mass is 10.0. The number of amides is 1. The normalized spacial score (nSPS) is 12.3. The number of carbonyl (C=O) groups excluding carboxylic acids is 1. The van der Waals surface area contributed by atoms with Crippen LogP contribution in [0.1, 0.15) is 41.8 Å². The quantitative estimate of drug-likeness (QED) is 0.807. The van der Waals surface area contributed by atoms with Crippen LogP contribution < -0.4 is 5.32 Å². The average Bonchev–Trinajstić information content (AvgIpc) is 2.17. The Labute approximate surface area is 91.7 Å². The van der Waals surface area contributed by atoms with E-state index < -0.39 is 0 Å². The van der Waals surface area contributed by atoms with Crippen molar-refractivity contribution in [2.24, 2.45) is 0 Å². The molecule has 0 spiro atoms. The third-order valence-electron chi connectivity index (χ3n) is 2.62. The highest BCUT2D eigenvalue weighted by Crippen LogP contribution is 2.10. The van der Waals surface area contributed by atoms with Crippen LogP contribution in [0.15, 0.2) is 18.2 Å². The Hall–Kier alpha value is -1.31. The molecule has 2 heteroatoms. The molecular formula is C13H19NO. The molecule has 0 saturated heterocycles. The second-order valence-corrected chi connectivity index (χ2v) is 4.10. The number of hydrogen-bond donors (Lipinski definition) is 1. The Morgan fingerprint density at radius 2 is 2.07 bits per heavy atom. The summed E-state index contributed by atoms with van der Waals surface area (Å²) in [6.45, 7) is 8.08. The third kappa shape index (κ3) is 3.08. The molecule has 1 N–H and O–H groups in total. The zero-order valence-corrected chi connectivity index (χ0v) is 9.92. The van der Waals surface area contributed by atoms with E-state index in [9.17, 15) is 4.79 Å². The van der Waals surface area contributed by atoms with Gasteiger partial charge in [-0.2, -0.15) is 0 Å². The van der Waals surface area contributed by atoms with Crippen molar-refractivity contribution in [3.05, 3.63) is 34.9 Å². The first-order valence-corrected chi connectivity index (χ1v) is 5.42. The van der Waals surface area contributed by atoms with Crippen LogP contribution in [0.2, 0.25) is 0 Å². The van der Waals surface area contributed by atoms with Gasteiger partial charge in [-0.05, 0) is 38.8 Å². The summed E-state index contributed by atoms with van der Waals surface area (Å²) in [6.07, 6.45) is 0.955. The SMILES string of the molecule is CC[C@@H](C)NC(=O)c1ccc(C)cc1C. The van der Waals surface area contributed by atoms with Crippen LogP contribution in [0.25, 0.3) is 0 Å². The van der Waals surface area contributed by atoms with E-state index in [-0.39, 0.29) is 11.9 Å². The standard InChI is InChI=1S/C13H19NO/c1-5-11(4)14-13(15)12-7-6-9(2)8-10(12)3/h6-8,11H,5H2,1-4H3,(H,14,15)/t11-/m1/s1. The minimum atomic E-state index is 0.0295. The molecule has 0 aliphatic rings. The maximum atomic E-state index is 11.8. The van der Waals surface area contributed by atoms with E-state index in [0.717, 1.165) is 17.5 Å². The van der Waals surface area contributed by atoms with Gasteiger partial charge in [0.1, 0.15) is 0 Å². The summed E-state index contributed by atoms with van der Waals surface area (Å²) in [7, 11) is 0. The van der Waals surface area contributed by atoms with Gasteiger partial charge in [-0.25, -0.2) is 0 Å². The van der Waals surface area contributed by atoms with E-state index in [2.05, 4.69) is 12.2 Å². The van der Waals surface area contributed by atoms with Crippen molar-refractivity contribution in [2.45, 2.75) is 40.2 Å². The molecule has 0 aliphatic carbocycles. The largest absolute Gasteiger partial charge is 0.350 e. The predicted octanol–water partition coefficient (Wildman–Crippen LogP) is 2.83. The minimum absolute atomic E-state index is 0.0295. The monoisotopic (exact) mass is 205 g/mol. The summed E-state index contributed by atoms with van der Waals surface area (Å²) in [5, 5.41) is 2.97. The van der Waals surface area contributed by atoms with Crippen LogP contribution in [0.5, 0.6) is 0 Å². The van der Waals surface area contributed by atoms with Crippen molar-refractivity contribution >= 4 is 5.91 Å². The molecule has 0 radical (unpaired) electrons. The summed E-state index contributed by atoms with van der Waals surface area (Å²) in [5.74, 6) is 0.0295. The van der Waals surface area contributed by atoms with Crippen molar-refractivity contribution < 1.29 is 4.79 Å². The van der Waals surface area contributed by atoms with Crippen LogP contribution in [0.4, 0.5) is 0 Å². The summed E-state index contributed by atoms with van der Waals surface area (Å²) in [5.41, 5.74) is 3.00. The van der Waals surface area contributed by atoms with Gasteiger partial charge >= 0.3 is 0 Å². The second-order valence-electron chi connectivity index (χ2n) is 4.10. The molecule has 0 fully saturated rings. The van der Waals surface area contributed by atoms with E-state index in [0.29, 0.717) is 0 Å². The Balaban J connectivity index is 2.82. The summed E-state index contributed by atoms with van der Waals surface area (Å²) >= 11 is 0. The first-order valence-electron chi connectivity index (χ1n) is 5.42. The number of rotatable bonds is 3. The fourth-order valence-corrected chi connectivity index (χ4v) is 1.47. The molecule has 0 saturated carbocycles. The molecule has 15 heavy (non-hydrogen) atoms. The lowest BCUT2D eigenvalue weighted by Gasteiger charge is -2.13. The molecular weight excluding hydrogens is 186 g/mol. The van der Waals surface area contributed by atoms with E-state index in [1.165, 1.54) is 5.56 Å². The Bertz CT molecular complexity index is 358. The van der Waals surface area contributed by atoms with Crippen molar-refractivity contribution in [1.82, 2.24) is 5.32 Å². The molecule has 1 amide bonds. The topological polar surface area (TPSA) is 29.1 Å². The van der Waals surface area contributed by atoms with E-state index in [1.807, 2.05) is 39.0 Å². The maximum absolute atomic E-state index is 11.8. The van der Waals surface area contributed by atoms with E-state index in [1.54, 1.807) is 0 Å². The van der Waals surface area contributed by atoms with Gasteiger partial charge in [0, 0.05) is 11.6 Å². The van der Waals surface area contributed by atoms with Gasteiger partial charge in [-0.15, -0.1) is 0 Å². The molecule has 0 aliphatic heterocycles. The van der Waals surface area contributed by atoms with Crippen molar-refractivity contribution in [2.75, 3.05) is 0 Å². The van der Waals surface area contributed by atoms with Crippen molar-refractivity contribution in [1.29, 1.82) is 0 Å². The first-order chi connectivity index (χ1) is 7.04. The number of nitrogens with one attached hydrogen (secondary N) is 1. The van der Waals surface area contributed by atoms with Gasteiger partial charge in [0.05, 0.1) is 0 Å². The highest BCUT2D eigenvalue weighted by Gasteiger charge is 2.10. The smallest absolute Gasteiger partial charge is 0.251 e. The summed E-state index contributed by atoms with van der Waals surface area (Å²) in [4.78, 5) is 11.8. The zero-order chi connectivity index (χ0) is 11.4. The highest BCUT2D eigenvalue weighted by atomic mass is 16.1. The van der Waals surface area contributed by atoms with Gasteiger partial charge < -0.3 is 5.32 Å². The average molecular weight is 205 g/mol. The van der Waals surface area contributed by atoms with Crippen LogP contribution in [-0.2, 0) is 0 Å². The van der Waals surface area contributed by atoms with Crippen LogP contribution >= 0.6 is 0 Å². The third-order valence-corrected chi connectivity index (χ3v) is 2.62.